The van der Waals surface area contributed by atoms with E-state index >= 15 is 0 Å². The molecular formula is C25H33ClN6. The summed E-state index contributed by atoms with van der Waals surface area (Å²) in [6, 6.07) is 5.79. The number of fused-ring (bicyclic) bond motifs is 3. The number of hydrogen-bond acceptors (Lipinski definition) is 4. The standard InChI is InChI=1S/C25H33ClN6/c1-17-3-4-20-21(30(17)2)5-6-22-24(20)29-23(9-12-31-14-18(26)13-28-31)32(22)19-7-10-25(11-8-19)15-27-16-25/h5-6,13-14,17,19,27H,3-4,7-12,15-16H2,1-2H3. The van der Waals surface area contributed by atoms with Gasteiger partial charge in [0.15, 0.2) is 0 Å². The zero-order valence-electron chi connectivity index (χ0n) is 19.1. The lowest BCUT2D eigenvalue weighted by Crippen LogP contribution is -2.54. The van der Waals surface area contributed by atoms with Crippen molar-refractivity contribution in [2.24, 2.45) is 5.41 Å². The van der Waals surface area contributed by atoms with Gasteiger partial charge in [-0.05, 0) is 63.0 Å². The number of nitrogens with one attached hydrogen (secondary N) is 1. The summed E-state index contributed by atoms with van der Waals surface area (Å²) in [7, 11) is 2.22. The largest absolute Gasteiger partial charge is 0.372 e. The lowest BCUT2D eigenvalue weighted by molar-refractivity contribution is 0.0844. The maximum atomic E-state index is 6.10. The molecule has 1 N–H and O–H groups in total. The third kappa shape index (κ3) is 3.34. The molecule has 3 aliphatic rings. The summed E-state index contributed by atoms with van der Waals surface area (Å²) in [4.78, 5) is 7.73. The van der Waals surface area contributed by atoms with Gasteiger partial charge >= 0.3 is 0 Å². The topological polar surface area (TPSA) is 50.9 Å². The summed E-state index contributed by atoms with van der Waals surface area (Å²) < 4.78 is 4.53. The average Bonchev–Trinajstić information content (AvgIpc) is 3.36. The molecule has 1 atom stereocenters. The van der Waals surface area contributed by atoms with Crippen molar-refractivity contribution in [2.75, 3.05) is 25.0 Å². The smallest absolute Gasteiger partial charge is 0.111 e. The molecule has 1 unspecified atom stereocenters. The molecule has 7 heteroatoms. The molecule has 2 fully saturated rings. The van der Waals surface area contributed by atoms with E-state index < -0.39 is 0 Å². The first-order valence-electron chi connectivity index (χ1n) is 12.2. The molecule has 32 heavy (non-hydrogen) atoms. The van der Waals surface area contributed by atoms with Crippen molar-refractivity contribution >= 4 is 28.3 Å². The van der Waals surface area contributed by atoms with Crippen LogP contribution in [-0.4, -0.2) is 45.5 Å². The number of nitrogens with zero attached hydrogens (tertiary/aromatic N) is 5. The fourth-order valence-electron chi connectivity index (χ4n) is 6.18. The van der Waals surface area contributed by atoms with Gasteiger partial charge in [0.2, 0.25) is 0 Å². The van der Waals surface area contributed by atoms with E-state index in [1.807, 2.05) is 10.9 Å². The molecule has 3 aromatic rings. The fraction of sp³-hybridized carbons (Fsp3) is 0.600. The summed E-state index contributed by atoms with van der Waals surface area (Å²) in [5, 5.41) is 8.58. The molecule has 2 aromatic heterocycles. The summed E-state index contributed by atoms with van der Waals surface area (Å²) in [6.45, 7) is 5.53. The van der Waals surface area contributed by atoms with Gasteiger partial charge in [-0.15, -0.1) is 0 Å². The lowest BCUT2D eigenvalue weighted by atomic mass is 9.68. The first kappa shape index (κ1) is 20.5. The van der Waals surface area contributed by atoms with Crippen LogP contribution >= 0.6 is 11.6 Å². The normalized spacial score (nSPS) is 23.0. The number of aromatic nitrogens is 4. The highest BCUT2D eigenvalue weighted by molar-refractivity contribution is 6.30. The third-order valence-corrected chi connectivity index (χ3v) is 8.61. The Kier molecular flexibility index (Phi) is 4.99. The van der Waals surface area contributed by atoms with Gasteiger partial charge in [-0.25, -0.2) is 4.98 Å². The molecular weight excluding hydrogens is 420 g/mol. The van der Waals surface area contributed by atoms with E-state index in [2.05, 4.69) is 46.0 Å². The minimum atomic E-state index is 0.542. The van der Waals surface area contributed by atoms with Crippen molar-refractivity contribution in [3.63, 3.8) is 0 Å². The average molecular weight is 453 g/mol. The van der Waals surface area contributed by atoms with Crippen molar-refractivity contribution in [2.45, 2.75) is 70.5 Å². The van der Waals surface area contributed by atoms with Gasteiger partial charge in [0.1, 0.15) is 5.82 Å². The molecule has 6 nitrogen and oxygen atoms in total. The molecule has 1 saturated carbocycles. The number of aryl methyl sites for hydroxylation is 3. The molecule has 170 valence electrons. The molecule has 6 rings (SSSR count). The highest BCUT2D eigenvalue weighted by Gasteiger charge is 2.41. The molecule has 1 aromatic carbocycles. The quantitative estimate of drug-likeness (QED) is 0.628. The van der Waals surface area contributed by atoms with Gasteiger partial charge in [0, 0.05) is 62.6 Å². The number of hydrogen-bond donors (Lipinski definition) is 1. The predicted octanol–water partition coefficient (Wildman–Crippen LogP) is 4.60. The van der Waals surface area contributed by atoms with Crippen LogP contribution in [0.2, 0.25) is 5.02 Å². The summed E-state index contributed by atoms with van der Waals surface area (Å²) in [5.41, 5.74) is 5.90. The van der Waals surface area contributed by atoms with E-state index in [0.717, 1.165) is 19.4 Å². The van der Waals surface area contributed by atoms with Crippen molar-refractivity contribution in [1.82, 2.24) is 24.6 Å². The van der Waals surface area contributed by atoms with Gasteiger partial charge < -0.3 is 14.8 Å². The third-order valence-electron chi connectivity index (χ3n) is 8.42. The van der Waals surface area contributed by atoms with Gasteiger partial charge in [0.25, 0.3) is 0 Å². The number of rotatable bonds is 4. The molecule has 0 bridgehead atoms. The van der Waals surface area contributed by atoms with Crippen LogP contribution in [0, 0.1) is 5.41 Å². The van der Waals surface area contributed by atoms with Crippen LogP contribution in [0.15, 0.2) is 24.5 Å². The Hall–Kier alpha value is -2.05. The molecule has 1 aliphatic carbocycles. The second-order valence-corrected chi connectivity index (χ2v) is 10.8. The number of halogens is 1. The van der Waals surface area contributed by atoms with E-state index in [-0.39, 0.29) is 0 Å². The Labute approximate surface area is 194 Å². The highest BCUT2D eigenvalue weighted by Crippen LogP contribution is 2.45. The van der Waals surface area contributed by atoms with Crippen LogP contribution in [-0.2, 0) is 19.4 Å². The molecule has 0 amide bonds. The number of benzene rings is 1. The van der Waals surface area contributed by atoms with Crippen LogP contribution < -0.4 is 10.2 Å². The van der Waals surface area contributed by atoms with E-state index in [4.69, 9.17) is 16.6 Å². The van der Waals surface area contributed by atoms with Crippen LogP contribution in [0.1, 0.15) is 56.5 Å². The number of anilines is 1. The van der Waals surface area contributed by atoms with Gasteiger partial charge in [-0.3, -0.25) is 4.68 Å². The summed E-state index contributed by atoms with van der Waals surface area (Å²) >= 11 is 6.10. The minimum absolute atomic E-state index is 0.542. The van der Waals surface area contributed by atoms with Crippen LogP contribution in [0.3, 0.4) is 0 Å². The molecule has 0 radical (unpaired) electrons. The second-order valence-electron chi connectivity index (χ2n) is 10.3. The fourth-order valence-corrected chi connectivity index (χ4v) is 6.34. The van der Waals surface area contributed by atoms with E-state index in [1.165, 1.54) is 73.3 Å². The summed E-state index contributed by atoms with van der Waals surface area (Å²) in [5.74, 6) is 1.20. The van der Waals surface area contributed by atoms with Crippen molar-refractivity contribution < 1.29 is 0 Å². The Morgan fingerprint density at radius 2 is 2.00 bits per heavy atom. The van der Waals surface area contributed by atoms with Crippen molar-refractivity contribution in [1.29, 1.82) is 0 Å². The molecule has 4 heterocycles. The van der Waals surface area contributed by atoms with Crippen molar-refractivity contribution in [3.8, 4) is 0 Å². The molecule has 1 spiro atoms. The Morgan fingerprint density at radius 1 is 1.19 bits per heavy atom. The zero-order valence-corrected chi connectivity index (χ0v) is 19.9. The SMILES string of the molecule is CC1CCc2c(ccc3c2nc(CCn2cc(Cl)cn2)n3C2CCC3(CC2)CNC3)N1C. The number of imidazole rings is 1. The van der Waals surface area contributed by atoms with Gasteiger partial charge in [-0.1, -0.05) is 11.6 Å². The first-order chi connectivity index (χ1) is 15.5. The minimum Gasteiger partial charge on any atom is -0.372 e. The van der Waals surface area contributed by atoms with Crippen LogP contribution in [0.25, 0.3) is 11.0 Å². The zero-order chi connectivity index (χ0) is 21.9. The van der Waals surface area contributed by atoms with Crippen LogP contribution in [0.4, 0.5) is 5.69 Å². The maximum Gasteiger partial charge on any atom is 0.111 e. The van der Waals surface area contributed by atoms with Gasteiger partial charge in [0.05, 0.1) is 22.3 Å². The first-order valence-corrected chi connectivity index (χ1v) is 12.5. The highest BCUT2D eigenvalue weighted by atomic mass is 35.5. The Bertz CT molecular complexity index is 1130. The van der Waals surface area contributed by atoms with E-state index in [1.54, 1.807) is 6.20 Å². The lowest BCUT2D eigenvalue weighted by Gasteiger charge is -2.47. The summed E-state index contributed by atoms with van der Waals surface area (Å²) in [6.07, 6.45) is 11.9. The Morgan fingerprint density at radius 3 is 2.69 bits per heavy atom. The van der Waals surface area contributed by atoms with Crippen LogP contribution in [0.5, 0.6) is 0 Å². The molecule has 2 aliphatic heterocycles. The monoisotopic (exact) mass is 452 g/mol. The van der Waals surface area contributed by atoms with Gasteiger partial charge in [-0.2, -0.15) is 5.10 Å². The Balaban J connectivity index is 1.38. The van der Waals surface area contributed by atoms with Crippen molar-refractivity contribution in [3.05, 3.63) is 40.9 Å². The molecule has 1 saturated heterocycles. The van der Waals surface area contributed by atoms with E-state index in [0.29, 0.717) is 22.5 Å². The predicted molar refractivity (Wildman–Crippen MR) is 130 cm³/mol. The maximum absolute atomic E-state index is 6.10. The van der Waals surface area contributed by atoms with E-state index in [9.17, 15) is 0 Å². The second kappa shape index (κ2) is 7.77.